The summed E-state index contributed by atoms with van der Waals surface area (Å²) >= 11 is 0. The SMILES string of the molecule is CC(C)(C)OC(=O)CCC[C@H](NC(=O)C1(NC(=O)[C@H](Cc2ccc3ccccc3c2)NC(=O)[C@H](Cc2ccc(OCCNC(=O)OC(C)(C)C)cc2)NC(=O)OCC2c3ccccc3-c3ccccc32)CCOCC1)C(=O)N[C@@H](CC(=O)NC(c1ccccc1)(c1ccccc1)c1ccccc1)C(=O)N[C@@H](CC(N)=O)C(N)=O. The Kier molecular flexibility index (Phi) is 27.9. The molecule has 10 rings (SSSR count). The number of carbonyl (C=O) groups excluding carboxylic acids is 11. The minimum Gasteiger partial charge on any atom is -0.492 e. The van der Waals surface area contributed by atoms with Crippen molar-refractivity contribution in [3.05, 3.63) is 245 Å². The first-order chi connectivity index (χ1) is 54.0. The Morgan fingerprint density at radius 3 is 1.58 bits per heavy atom. The van der Waals surface area contributed by atoms with Crippen molar-refractivity contribution in [2.75, 3.05) is 33.0 Å². The summed E-state index contributed by atoms with van der Waals surface area (Å²) in [6.45, 7) is 10.2. The smallest absolute Gasteiger partial charge is 0.407 e. The Morgan fingerprint density at radius 2 is 1.01 bits per heavy atom. The van der Waals surface area contributed by atoms with Gasteiger partial charge in [-0.2, -0.15) is 0 Å². The highest BCUT2D eigenvalue weighted by molar-refractivity contribution is 6.00. The molecule has 2 aliphatic rings. The lowest BCUT2D eigenvalue weighted by Crippen LogP contribution is -2.67. The van der Waals surface area contributed by atoms with Crippen LogP contribution in [-0.2, 0) is 80.5 Å². The van der Waals surface area contributed by atoms with Gasteiger partial charge in [-0.05, 0) is 127 Å². The molecule has 5 atom stereocenters. The summed E-state index contributed by atoms with van der Waals surface area (Å²) in [7, 11) is 0. The van der Waals surface area contributed by atoms with Crippen molar-refractivity contribution >= 4 is 76.2 Å². The largest absolute Gasteiger partial charge is 0.492 e. The number of carbonyl (C=O) groups is 11. The molecule has 1 fully saturated rings. The quantitative estimate of drug-likeness (QED) is 0.00783. The van der Waals surface area contributed by atoms with Crippen LogP contribution in [0.15, 0.2) is 206 Å². The van der Waals surface area contributed by atoms with E-state index < -0.39 is 131 Å². The minimum atomic E-state index is -1.92. The van der Waals surface area contributed by atoms with Crippen molar-refractivity contribution in [3.63, 3.8) is 0 Å². The fourth-order valence-corrected chi connectivity index (χ4v) is 13.9. The lowest BCUT2D eigenvalue weighted by atomic mass is 9.77. The molecule has 1 aliphatic heterocycles. The number of hydrogen-bond acceptors (Lipinski definition) is 16. The van der Waals surface area contributed by atoms with E-state index in [0.717, 1.165) is 33.0 Å². The molecule has 8 aromatic rings. The van der Waals surface area contributed by atoms with Crippen LogP contribution in [0.1, 0.15) is 131 Å². The van der Waals surface area contributed by atoms with E-state index in [1.807, 2.05) is 140 Å². The molecule has 0 spiro atoms. The Balaban J connectivity index is 0.953. The second-order valence-corrected chi connectivity index (χ2v) is 30.1. The van der Waals surface area contributed by atoms with E-state index >= 15 is 24.0 Å². The third-order valence-corrected chi connectivity index (χ3v) is 19.3. The third kappa shape index (κ3) is 22.9. The van der Waals surface area contributed by atoms with Gasteiger partial charge in [0.05, 0.1) is 19.4 Å². The maximum Gasteiger partial charge on any atom is 0.407 e. The van der Waals surface area contributed by atoms with Gasteiger partial charge in [-0.15, -0.1) is 0 Å². The van der Waals surface area contributed by atoms with Crippen LogP contribution < -0.4 is 58.7 Å². The van der Waals surface area contributed by atoms with Crippen molar-refractivity contribution in [1.29, 1.82) is 0 Å². The van der Waals surface area contributed by atoms with Crippen LogP contribution in [-0.4, -0.2) is 145 Å². The molecule has 0 aromatic heterocycles. The lowest BCUT2D eigenvalue weighted by molar-refractivity contribution is -0.155. The molecule has 0 bridgehead atoms. The number of nitrogens with one attached hydrogen (secondary N) is 8. The number of nitrogens with two attached hydrogens (primary N) is 2. The molecule has 1 heterocycles. The minimum absolute atomic E-state index is 0.0864. The van der Waals surface area contributed by atoms with E-state index in [4.69, 9.17) is 35.2 Å². The highest BCUT2D eigenvalue weighted by atomic mass is 16.6. The van der Waals surface area contributed by atoms with Crippen LogP contribution in [0.25, 0.3) is 21.9 Å². The fourth-order valence-electron chi connectivity index (χ4n) is 13.9. The van der Waals surface area contributed by atoms with Gasteiger partial charge in [0.15, 0.2) is 0 Å². The summed E-state index contributed by atoms with van der Waals surface area (Å²) in [4.78, 5) is 157. The Labute approximate surface area is 656 Å². The zero-order valence-electron chi connectivity index (χ0n) is 64.2. The third-order valence-electron chi connectivity index (χ3n) is 19.3. The van der Waals surface area contributed by atoms with E-state index in [2.05, 4.69) is 42.5 Å². The Morgan fingerprint density at radius 1 is 0.504 bits per heavy atom. The van der Waals surface area contributed by atoms with E-state index in [1.165, 1.54) is 0 Å². The van der Waals surface area contributed by atoms with Gasteiger partial charge in [0.2, 0.25) is 47.3 Å². The monoisotopic (exact) mass is 1540 g/mol. The molecular weight excluding hydrogens is 1440 g/mol. The number of benzene rings is 8. The maximum absolute atomic E-state index is 15.7. The topological polar surface area (TPSA) is 382 Å². The van der Waals surface area contributed by atoms with Gasteiger partial charge in [-0.25, -0.2) is 9.59 Å². The van der Waals surface area contributed by atoms with Crippen LogP contribution in [0.4, 0.5) is 9.59 Å². The fraction of sp³-hybridized carbons (Fsp3) is 0.345. The highest BCUT2D eigenvalue weighted by Gasteiger charge is 2.46. The van der Waals surface area contributed by atoms with Crippen LogP contribution in [0, 0.1) is 0 Å². The summed E-state index contributed by atoms with van der Waals surface area (Å²) in [5, 5.41) is 24.0. The molecule has 0 unspecified atom stereocenters. The van der Waals surface area contributed by atoms with Crippen molar-refractivity contribution in [1.82, 2.24) is 42.5 Å². The summed E-state index contributed by atoms with van der Waals surface area (Å²) < 4.78 is 28.7. The van der Waals surface area contributed by atoms with Crippen molar-refractivity contribution < 1.29 is 76.4 Å². The van der Waals surface area contributed by atoms with Gasteiger partial charge >= 0.3 is 18.2 Å². The molecule has 26 heteroatoms. The number of fused-ring (bicyclic) bond motifs is 4. The predicted octanol–water partition coefficient (Wildman–Crippen LogP) is 8.41. The molecule has 8 aromatic carbocycles. The molecule has 10 amide bonds. The molecule has 1 saturated heterocycles. The number of rotatable bonds is 34. The van der Waals surface area contributed by atoms with Crippen LogP contribution in [0.2, 0.25) is 0 Å². The first kappa shape index (κ1) is 83.0. The number of primary amides is 2. The molecular formula is C87H98N10O16. The van der Waals surface area contributed by atoms with E-state index in [9.17, 15) is 28.8 Å². The summed E-state index contributed by atoms with van der Waals surface area (Å²) in [5.41, 5.74) is 13.1. The van der Waals surface area contributed by atoms with Crippen molar-refractivity contribution in [2.45, 2.75) is 158 Å². The summed E-state index contributed by atoms with van der Waals surface area (Å²) in [5.74, 6) is -8.38. The number of hydrogen-bond donors (Lipinski definition) is 10. The molecule has 0 radical (unpaired) electrons. The van der Waals surface area contributed by atoms with Crippen LogP contribution in [0.5, 0.6) is 5.75 Å². The van der Waals surface area contributed by atoms with Gasteiger partial charge in [-0.3, -0.25) is 43.2 Å². The zero-order chi connectivity index (χ0) is 80.9. The molecule has 26 nitrogen and oxygen atoms in total. The molecule has 1 aliphatic carbocycles. The Bertz CT molecular complexity index is 4560. The Hall–Kier alpha value is -12.5. The van der Waals surface area contributed by atoms with Crippen molar-refractivity contribution in [3.8, 4) is 16.9 Å². The second-order valence-electron chi connectivity index (χ2n) is 30.1. The highest BCUT2D eigenvalue weighted by Crippen LogP contribution is 2.45. The van der Waals surface area contributed by atoms with Crippen LogP contribution >= 0.6 is 0 Å². The van der Waals surface area contributed by atoms with Gasteiger partial charge < -0.3 is 77.7 Å². The molecule has 113 heavy (non-hydrogen) atoms. The number of alkyl carbamates (subject to hydrolysis) is 2. The van der Waals surface area contributed by atoms with Gasteiger partial charge in [-0.1, -0.05) is 194 Å². The zero-order valence-corrected chi connectivity index (χ0v) is 64.2. The lowest BCUT2D eigenvalue weighted by Gasteiger charge is -2.38. The predicted molar refractivity (Wildman–Crippen MR) is 423 cm³/mol. The molecule has 592 valence electrons. The van der Waals surface area contributed by atoms with E-state index in [1.54, 1.807) is 108 Å². The maximum atomic E-state index is 15.7. The molecule has 12 N–H and O–H groups in total. The standard InChI is InChI=1S/C87H98N10O16/c1-84(2,3)112-75(100)36-22-35-68(77(102)93-72(79(104)91-69(76(89)101)52-73(88)98)53-74(99)96-87(59-25-10-7-11-26-59,60-27-12-8-13-28-60)61-29-14-9-15-30-61)94-81(106)86(43-46-109-47-44-86)97-80(105)71(51-56-37-40-57-23-16-17-24-58(57)49-56)92-78(103)70(50-55-38-41-62(42-39-55)110-48-45-90-82(107)113-85(4,5)6)95-83(108)111-54-67-65-33-20-18-31-63(65)64-32-19-21-34-66(64)67/h7-21,23-34,37-42,49,67-72H,22,35-36,43-48,50-54H2,1-6H3,(H2,88,98)(H2,89,101)(H,90,107)(H,91,104)(H,92,103)(H,93,102)(H,94,106)(H,95,108)(H,96,99)(H,97,105)/t68-,69-,70-,71-,72-/m0/s1. The first-order valence-corrected chi connectivity index (χ1v) is 37.7. The van der Waals surface area contributed by atoms with Gasteiger partial charge in [0, 0.05) is 51.2 Å². The van der Waals surface area contributed by atoms with Gasteiger partial charge in [0.1, 0.15) is 71.5 Å². The molecule has 0 saturated carbocycles. The number of amides is 10. The average Bonchev–Trinajstić information content (AvgIpc) is 1.77. The van der Waals surface area contributed by atoms with E-state index in [-0.39, 0.29) is 83.8 Å². The second kappa shape index (κ2) is 38.0. The van der Waals surface area contributed by atoms with Gasteiger partial charge in [0.25, 0.3) is 0 Å². The van der Waals surface area contributed by atoms with Crippen LogP contribution in [0.3, 0.4) is 0 Å². The van der Waals surface area contributed by atoms with Crippen molar-refractivity contribution in [2.24, 2.45) is 11.5 Å². The number of ether oxygens (including phenoxy) is 5. The summed E-state index contributed by atoms with van der Waals surface area (Å²) in [6, 6.07) is 54.3. The number of esters is 1. The summed E-state index contributed by atoms with van der Waals surface area (Å²) in [6.07, 6.45) is -4.53. The van der Waals surface area contributed by atoms with E-state index in [0.29, 0.717) is 33.6 Å². The first-order valence-electron chi connectivity index (χ1n) is 37.7. The average molecular weight is 1540 g/mol. The normalized spacial score (nSPS) is 14.4.